The summed E-state index contributed by atoms with van der Waals surface area (Å²) < 4.78 is 0. The molecule has 0 radical (unpaired) electrons. The minimum Gasteiger partial charge on any atom is -0.316 e. The summed E-state index contributed by atoms with van der Waals surface area (Å²) in [5, 5.41) is 2.95. The van der Waals surface area contributed by atoms with Gasteiger partial charge in [0.05, 0.1) is 12.8 Å². The Labute approximate surface area is 49.8 Å². The molecule has 1 atom stereocenters. The number of nitrogens with one attached hydrogen (secondary N) is 3. The van der Waals surface area contributed by atoms with Gasteiger partial charge in [-0.1, -0.05) is 0 Å². The van der Waals surface area contributed by atoms with Crippen LogP contribution >= 0.6 is 0 Å². The van der Waals surface area contributed by atoms with Gasteiger partial charge in [0.25, 0.3) is 0 Å². The summed E-state index contributed by atoms with van der Waals surface area (Å²) >= 11 is 0. The van der Waals surface area contributed by atoms with Crippen LogP contribution in [0, 0.1) is 0 Å². The van der Waals surface area contributed by atoms with Crippen molar-refractivity contribution in [3.63, 3.8) is 0 Å². The highest BCUT2D eigenvalue weighted by Gasteiger charge is 1.86. The first-order chi connectivity index (χ1) is 3.77. The van der Waals surface area contributed by atoms with Gasteiger partial charge in [0.1, 0.15) is 0 Å². The maximum atomic E-state index is 5.35. The maximum absolute atomic E-state index is 5.35. The molecule has 0 fully saturated rings. The quantitative estimate of drug-likeness (QED) is 0.207. The van der Waals surface area contributed by atoms with Crippen LogP contribution in [0.15, 0.2) is 0 Å². The summed E-state index contributed by atoms with van der Waals surface area (Å²) in [6.07, 6.45) is 0.0517. The summed E-state index contributed by atoms with van der Waals surface area (Å²) in [5.41, 5.74) is 10.9. The van der Waals surface area contributed by atoms with Crippen LogP contribution in [-0.4, -0.2) is 19.9 Å². The van der Waals surface area contributed by atoms with E-state index in [1.165, 1.54) is 0 Å². The molecule has 0 aliphatic rings. The molecule has 0 amide bonds. The number of hydrazine groups is 1. The van der Waals surface area contributed by atoms with Gasteiger partial charge in [-0.15, -0.1) is 0 Å². The lowest BCUT2D eigenvalue weighted by Gasteiger charge is -2.07. The van der Waals surface area contributed by atoms with Gasteiger partial charge < -0.3 is 5.73 Å². The Morgan fingerprint density at radius 1 is 1.62 bits per heavy atom. The summed E-state index contributed by atoms with van der Waals surface area (Å²) in [6, 6.07) is 0. The van der Waals surface area contributed by atoms with Gasteiger partial charge in [0, 0.05) is 0 Å². The number of nitrogens with two attached hydrogens (primary N) is 1. The zero-order valence-electron chi connectivity index (χ0n) is 5.36. The summed E-state index contributed by atoms with van der Waals surface area (Å²) in [6.45, 7) is 2.57. The van der Waals surface area contributed by atoms with E-state index in [1.54, 1.807) is 0 Å². The highest BCUT2D eigenvalue weighted by molar-refractivity contribution is 4.45. The minimum absolute atomic E-state index is 0.0517. The van der Waals surface area contributed by atoms with Gasteiger partial charge in [-0.3, -0.25) is 10.7 Å². The molecule has 0 aromatic carbocycles. The third-order valence-electron chi connectivity index (χ3n) is 0.689. The zero-order valence-corrected chi connectivity index (χ0v) is 5.36. The Hall–Kier alpha value is -0.160. The number of hydrogen-bond acceptors (Lipinski definition) is 4. The first-order valence-corrected chi connectivity index (χ1v) is 2.66. The minimum atomic E-state index is 0.0517. The molecule has 0 aromatic heterocycles. The fourth-order valence-electron chi connectivity index (χ4n) is 0.300. The summed E-state index contributed by atoms with van der Waals surface area (Å²) in [4.78, 5) is 0. The Morgan fingerprint density at radius 2 is 2.25 bits per heavy atom. The number of hydrogen-bond donors (Lipinski definition) is 4. The van der Waals surface area contributed by atoms with Crippen molar-refractivity contribution >= 4 is 0 Å². The SMILES string of the molecule is CNNCN[C@@H](C)N. The van der Waals surface area contributed by atoms with Crippen molar-refractivity contribution in [1.82, 2.24) is 16.2 Å². The van der Waals surface area contributed by atoms with Crippen LogP contribution < -0.4 is 21.9 Å². The normalized spacial score (nSPS) is 13.9. The fraction of sp³-hybridized carbons (Fsp3) is 1.00. The lowest BCUT2D eigenvalue weighted by Crippen LogP contribution is -2.44. The average Bonchev–Trinajstić information content (AvgIpc) is 1.66. The molecule has 0 aliphatic heterocycles. The zero-order chi connectivity index (χ0) is 6.41. The van der Waals surface area contributed by atoms with Crippen LogP contribution in [0.2, 0.25) is 0 Å². The molecule has 0 saturated heterocycles. The molecule has 0 rings (SSSR count). The molecule has 4 nitrogen and oxygen atoms in total. The second-order valence-electron chi connectivity index (χ2n) is 1.60. The van der Waals surface area contributed by atoms with Crippen LogP contribution in [0.25, 0.3) is 0 Å². The lowest BCUT2D eigenvalue weighted by molar-refractivity contribution is 0.479. The molecular formula is C4H14N4. The third kappa shape index (κ3) is 5.84. The molecule has 0 spiro atoms. The monoisotopic (exact) mass is 118 g/mol. The van der Waals surface area contributed by atoms with Crippen molar-refractivity contribution in [2.75, 3.05) is 13.7 Å². The fourth-order valence-corrected chi connectivity index (χ4v) is 0.300. The van der Waals surface area contributed by atoms with E-state index in [0.717, 1.165) is 0 Å². The second kappa shape index (κ2) is 4.99. The summed E-state index contributed by atoms with van der Waals surface area (Å²) in [5.74, 6) is 0. The molecule has 50 valence electrons. The van der Waals surface area contributed by atoms with Crippen LogP contribution in [0.4, 0.5) is 0 Å². The van der Waals surface area contributed by atoms with E-state index in [4.69, 9.17) is 5.73 Å². The van der Waals surface area contributed by atoms with Crippen molar-refractivity contribution in [1.29, 1.82) is 0 Å². The van der Waals surface area contributed by atoms with Crippen molar-refractivity contribution in [3.05, 3.63) is 0 Å². The van der Waals surface area contributed by atoms with Gasteiger partial charge >= 0.3 is 0 Å². The summed E-state index contributed by atoms with van der Waals surface area (Å²) in [7, 11) is 1.81. The van der Waals surface area contributed by atoms with Crippen LogP contribution in [0.5, 0.6) is 0 Å². The van der Waals surface area contributed by atoms with Crippen LogP contribution in [-0.2, 0) is 0 Å². The van der Waals surface area contributed by atoms with E-state index in [-0.39, 0.29) is 6.17 Å². The number of rotatable bonds is 4. The van der Waals surface area contributed by atoms with E-state index in [9.17, 15) is 0 Å². The van der Waals surface area contributed by atoms with Gasteiger partial charge in [-0.2, -0.15) is 0 Å². The Kier molecular flexibility index (Phi) is 4.89. The molecule has 0 aromatic rings. The van der Waals surface area contributed by atoms with Gasteiger partial charge in [-0.05, 0) is 14.0 Å². The first-order valence-electron chi connectivity index (χ1n) is 2.66. The predicted molar refractivity (Wildman–Crippen MR) is 33.8 cm³/mol. The van der Waals surface area contributed by atoms with E-state index < -0.39 is 0 Å². The average molecular weight is 118 g/mol. The van der Waals surface area contributed by atoms with Crippen molar-refractivity contribution in [2.24, 2.45) is 5.73 Å². The first kappa shape index (κ1) is 7.84. The Bertz CT molecular complexity index is 45.3. The largest absolute Gasteiger partial charge is 0.316 e. The molecule has 5 N–H and O–H groups in total. The molecule has 0 unspecified atom stereocenters. The molecule has 0 saturated carbocycles. The highest BCUT2D eigenvalue weighted by atomic mass is 15.4. The van der Waals surface area contributed by atoms with Crippen molar-refractivity contribution in [2.45, 2.75) is 13.1 Å². The molecule has 0 bridgehead atoms. The molecule has 0 heterocycles. The standard InChI is InChI=1S/C4H14N4/c1-4(5)7-3-8-6-2/h4,6-8H,3,5H2,1-2H3/t4-/m0/s1. The van der Waals surface area contributed by atoms with Gasteiger partial charge in [0.2, 0.25) is 0 Å². The molecule has 4 heteroatoms. The maximum Gasteiger partial charge on any atom is 0.0601 e. The lowest BCUT2D eigenvalue weighted by atomic mass is 10.6. The second-order valence-corrected chi connectivity index (χ2v) is 1.60. The van der Waals surface area contributed by atoms with Crippen molar-refractivity contribution in [3.8, 4) is 0 Å². The topological polar surface area (TPSA) is 62.1 Å². The molecule has 0 aliphatic carbocycles. The Morgan fingerprint density at radius 3 is 2.62 bits per heavy atom. The highest BCUT2D eigenvalue weighted by Crippen LogP contribution is 1.58. The molecule has 8 heavy (non-hydrogen) atoms. The predicted octanol–water partition coefficient (Wildman–Crippen LogP) is -1.44. The van der Waals surface area contributed by atoms with Crippen molar-refractivity contribution < 1.29 is 0 Å². The smallest absolute Gasteiger partial charge is 0.0601 e. The van der Waals surface area contributed by atoms with E-state index in [1.807, 2.05) is 14.0 Å². The Balaban J connectivity index is 2.72. The van der Waals surface area contributed by atoms with Crippen LogP contribution in [0.1, 0.15) is 6.92 Å². The van der Waals surface area contributed by atoms with Gasteiger partial charge in [-0.25, -0.2) is 5.43 Å². The van der Waals surface area contributed by atoms with E-state index >= 15 is 0 Å². The van der Waals surface area contributed by atoms with E-state index in [2.05, 4.69) is 16.2 Å². The van der Waals surface area contributed by atoms with Gasteiger partial charge in [0.15, 0.2) is 0 Å². The van der Waals surface area contributed by atoms with E-state index in [0.29, 0.717) is 6.67 Å². The van der Waals surface area contributed by atoms with Crippen LogP contribution in [0.3, 0.4) is 0 Å². The third-order valence-corrected chi connectivity index (χ3v) is 0.689. The molecular weight excluding hydrogens is 104 g/mol.